The Labute approximate surface area is 129 Å². The monoisotopic (exact) mass is 300 g/mol. The Kier molecular flexibility index (Phi) is 4.34. The number of aldehydes is 1. The van der Waals surface area contributed by atoms with Crippen molar-refractivity contribution in [3.63, 3.8) is 0 Å². The normalized spacial score (nSPS) is 14.1. The first-order valence-corrected chi connectivity index (χ1v) is 8.39. The van der Waals surface area contributed by atoms with Gasteiger partial charge in [0.2, 0.25) is 0 Å². The van der Waals surface area contributed by atoms with Crippen LogP contribution in [0, 0.1) is 5.92 Å². The molecule has 110 valence electrons. The van der Waals surface area contributed by atoms with Crippen LogP contribution in [0.2, 0.25) is 0 Å². The largest absolute Gasteiger partial charge is 0.348 e. The summed E-state index contributed by atoms with van der Waals surface area (Å²) in [4.78, 5) is 19.2. The van der Waals surface area contributed by atoms with Crippen molar-refractivity contribution in [1.29, 1.82) is 0 Å². The molecule has 0 aliphatic heterocycles. The molecule has 1 aromatic heterocycles. The van der Waals surface area contributed by atoms with Crippen LogP contribution in [-0.4, -0.2) is 24.4 Å². The molecule has 0 unspecified atom stereocenters. The highest BCUT2D eigenvalue weighted by Gasteiger charge is 2.26. The number of aromatic nitrogens is 1. The van der Waals surface area contributed by atoms with E-state index < -0.39 is 0 Å². The minimum absolute atomic E-state index is 0.730. The summed E-state index contributed by atoms with van der Waals surface area (Å²) < 4.78 is 0. The van der Waals surface area contributed by atoms with E-state index >= 15 is 0 Å². The molecule has 0 saturated heterocycles. The predicted octanol–water partition coefficient (Wildman–Crippen LogP) is 4.25. The molecule has 1 fully saturated rings. The highest BCUT2D eigenvalue weighted by Crippen LogP contribution is 2.35. The Morgan fingerprint density at radius 1 is 1.33 bits per heavy atom. The fraction of sp³-hybridized carbons (Fsp3) is 0.412. The summed E-state index contributed by atoms with van der Waals surface area (Å²) in [6, 6.07) is 9.97. The number of anilines is 1. The van der Waals surface area contributed by atoms with Crippen molar-refractivity contribution in [3.05, 3.63) is 35.2 Å². The van der Waals surface area contributed by atoms with E-state index in [1.54, 1.807) is 0 Å². The molecule has 2 aromatic rings. The van der Waals surface area contributed by atoms with Crippen LogP contribution >= 0.6 is 11.3 Å². The van der Waals surface area contributed by atoms with Crippen LogP contribution in [0.25, 0.3) is 11.3 Å². The second-order valence-corrected chi connectivity index (χ2v) is 6.59. The number of nitrogens with zero attached hydrogens (tertiary/aromatic N) is 2. The Morgan fingerprint density at radius 3 is 2.71 bits per heavy atom. The third-order valence-corrected chi connectivity index (χ3v) is 4.78. The zero-order chi connectivity index (χ0) is 14.7. The van der Waals surface area contributed by atoms with Crippen LogP contribution in [-0.2, 0) is 0 Å². The molecule has 3 nitrogen and oxygen atoms in total. The standard InChI is InChI=1S/C17H20N2OS/c1-2-10-19(11-13-8-9-13)17-18-16(15(12-20)21-17)14-6-4-3-5-7-14/h3-7,12-13H,2,8-11H2,1H3. The van der Waals surface area contributed by atoms with Gasteiger partial charge in [-0.15, -0.1) is 0 Å². The van der Waals surface area contributed by atoms with Crippen LogP contribution < -0.4 is 4.90 Å². The van der Waals surface area contributed by atoms with Crippen LogP contribution in [0.5, 0.6) is 0 Å². The Morgan fingerprint density at radius 2 is 2.10 bits per heavy atom. The van der Waals surface area contributed by atoms with Gasteiger partial charge >= 0.3 is 0 Å². The zero-order valence-corrected chi connectivity index (χ0v) is 13.1. The van der Waals surface area contributed by atoms with Crippen molar-refractivity contribution in [3.8, 4) is 11.3 Å². The van der Waals surface area contributed by atoms with Gasteiger partial charge in [-0.1, -0.05) is 48.6 Å². The Hall–Kier alpha value is -1.68. The number of benzene rings is 1. The topological polar surface area (TPSA) is 33.2 Å². The van der Waals surface area contributed by atoms with Crippen molar-refractivity contribution in [2.45, 2.75) is 26.2 Å². The molecule has 1 aromatic carbocycles. The second-order valence-electron chi connectivity index (χ2n) is 5.58. The molecule has 4 heteroatoms. The average molecular weight is 300 g/mol. The van der Waals surface area contributed by atoms with E-state index in [1.807, 2.05) is 30.3 Å². The molecule has 1 aliphatic carbocycles. The highest BCUT2D eigenvalue weighted by molar-refractivity contribution is 7.17. The minimum atomic E-state index is 0.730. The lowest BCUT2D eigenvalue weighted by Gasteiger charge is -2.20. The van der Waals surface area contributed by atoms with E-state index in [1.165, 1.54) is 24.2 Å². The smallest absolute Gasteiger partial charge is 0.186 e. The van der Waals surface area contributed by atoms with E-state index in [-0.39, 0.29) is 0 Å². The molecule has 3 rings (SSSR count). The molecular formula is C17H20N2OS. The van der Waals surface area contributed by atoms with Crippen molar-refractivity contribution < 1.29 is 4.79 Å². The van der Waals surface area contributed by atoms with Gasteiger partial charge in [-0.3, -0.25) is 4.79 Å². The van der Waals surface area contributed by atoms with Crippen molar-refractivity contribution >= 4 is 22.8 Å². The van der Waals surface area contributed by atoms with Crippen LogP contribution in [0.15, 0.2) is 30.3 Å². The summed E-state index contributed by atoms with van der Waals surface area (Å²) >= 11 is 1.52. The van der Waals surface area contributed by atoms with Crippen LogP contribution in [0.4, 0.5) is 5.13 Å². The summed E-state index contributed by atoms with van der Waals surface area (Å²) in [5.74, 6) is 0.820. The Balaban J connectivity index is 1.91. The molecule has 0 atom stereocenters. The fourth-order valence-corrected chi connectivity index (χ4v) is 3.42. The number of rotatable bonds is 7. The molecule has 1 heterocycles. The van der Waals surface area contributed by atoms with Crippen molar-refractivity contribution in [2.75, 3.05) is 18.0 Å². The summed E-state index contributed by atoms with van der Waals surface area (Å²) in [6.07, 6.45) is 4.70. The van der Waals surface area contributed by atoms with Gasteiger partial charge in [0.1, 0.15) is 0 Å². The SMILES string of the molecule is CCCN(CC1CC1)c1nc(-c2ccccc2)c(C=O)s1. The molecule has 0 amide bonds. The van der Waals surface area contributed by atoms with Crippen molar-refractivity contribution in [1.82, 2.24) is 4.98 Å². The molecule has 1 saturated carbocycles. The predicted molar refractivity (Wildman–Crippen MR) is 88.2 cm³/mol. The molecule has 0 radical (unpaired) electrons. The number of hydrogen-bond acceptors (Lipinski definition) is 4. The first-order valence-electron chi connectivity index (χ1n) is 7.58. The second kappa shape index (κ2) is 6.39. The molecule has 0 spiro atoms. The maximum atomic E-state index is 11.4. The van der Waals surface area contributed by atoms with Gasteiger partial charge in [0.25, 0.3) is 0 Å². The van der Waals surface area contributed by atoms with Crippen LogP contribution in [0.1, 0.15) is 35.9 Å². The molecule has 21 heavy (non-hydrogen) atoms. The average Bonchev–Trinajstić information content (AvgIpc) is 3.23. The number of carbonyl (C=O) groups excluding carboxylic acids is 1. The molecule has 0 bridgehead atoms. The maximum Gasteiger partial charge on any atom is 0.186 e. The first kappa shape index (κ1) is 14.3. The van der Waals surface area contributed by atoms with E-state index in [2.05, 4.69) is 11.8 Å². The lowest BCUT2D eigenvalue weighted by molar-refractivity contribution is 0.112. The quantitative estimate of drug-likeness (QED) is 0.717. The van der Waals surface area contributed by atoms with Crippen molar-refractivity contribution in [2.24, 2.45) is 5.92 Å². The molecule has 1 aliphatic rings. The maximum absolute atomic E-state index is 11.4. The lowest BCUT2D eigenvalue weighted by atomic mass is 10.1. The van der Waals surface area contributed by atoms with E-state index in [4.69, 9.17) is 4.98 Å². The summed E-state index contributed by atoms with van der Waals surface area (Å²) in [6.45, 7) is 4.27. The third-order valence-electron chi connectivity index (χ3n) is 3.74. The number of carbonyl (C=O) groups is 1. The summed E-state index contributed by atoms with van der Waals surface area (Å²) in [5, 5.41) is 0.990. The molecule has 0 N–H and O–H groups in total. The lowest BCUT2D eigenvalue weighted by Crippen LogP contribution is -2.26. The van der Waals surface area contributed by atoms with E-state index in [0.717, 1.165) is 53.0 Å². The third kappa shape index (κ3) is 3.32. The van der Waals surface area contributed by atoms with Crippen LogP contribution in [0.3, 0.4) is 0 Å². The minimum Gasteiger partial charge on any atom is -0.348 e. The van der Waals surface area contributed by atoms with Gasteiger partial charge < -0.3 is 4.90 Å². The van der Waals surface area contributed by atoms with Gasteiger partial charge in [-0.25, -0.2) is 4.98 Å². The Bertz CT molecular complexity index is 605. The number of hydrogen-bond donors (Lipinski definition) is 0. The number of thiazole rings is 1. The zero-order valence-electron chi connectivity index (χ0n) is 12.3. The van der Waals surface area contributed by atoms with Gasteiger partial charge in [0.15, 0.2) is 11.4 Å². The highest BCUT2D eigenvalue weighted by atomic mass is 32.1. The van der Waals surface area contributed by atoms with Gasteiger partial charge in [-0.05, 0) is 25.2 Å². The van der Waals surface area contributed by atoms with Gasteiger partial charge in [0.05, 0.1) is 10.6 Å². The van der Waals surface area contributed by atoms with E-state index in [0.29, 0.717) is 0 Å². The summed E-state index contributed by atoms with van der Waals surface area (Å²) in [5.41, 5.74) is 1.84. The van der Waals surface area contributed by atoms with Gasteiger partial charge in [0, 0.05) is 18.7 Å². The fourth-order valence-electron chi connectivity index (χ4n) is 2.49. The molecular weight excluding hydrogens is 280 g/mol. The van der Waals surface area contributed by atoms with Gasteiger partial charge in [-0.2, -0.15) is 0 Å². The summed E-state index contributed by atoms with van der Waals surface area (Å²) in [7, 11) is 0. The van der Waals surface area contributed by atoms with E-state index in [9.17, 15) is 4.79 Å². The first-order chi connectivity index (χ1) is 10.3.